The summed E-state index contributed by atoms with van der Waals surface area (Å²) < 4.78 is 2.15. The van der Waals surface area contributed by atoms with Crippen molar-refractivity contribution in [2.24, 2.45) is 5.92 Å². The topological polar surface area (TPSA) is 29.3 Å². The van der Waals surface area contributed by atoms with E-state index in [1.807, 2.05) is 18.5 Å². The number of aromatic nitrogens is 2. The predicted molar refractivity (Wildman–Crippen MR) is 64.2 cm³/mol. The summed E-state index contributed by atoms with van der Waals surface area (Å²) in [6.07, 6.45) is 8.11. The number of hydrogen-bond donors (Lipinski definition) is 1. The first-order valence-electron chi connectivity index (χ1n) is 6.05. The van der Waals surface area contributed by atoms with Crippen LogP contribution in [0.5, 0.6) is 0 Å². The van der Waals surface area contributed by atoms with Gasteiger partial charge in [-0.05, 0) is 37.4 Å². The van der Waals surface area contributed by atoms with Crippen molar-refractivity contribution in [3.05, 3.63) is 36.3 Å². The van der Waals surface area contributed by atoms with Gasteiger partial charge in [-0.3, -0.25) is 0 Å². The monoisotopic (exact) mass is 215 g/mol. The van der Waals surface area contributed by atoms with Crippen LogP contribution in [-0.2, 0) is 6.54 Å². The van der Waals surface area contributed by atoms with Crippen molar-refractivity contribution in [2.75, 3.05) is 6.54 Å². The highest BCUT2D eigenvalue weighted by Crippen LogP contribution is 2.25. The van der Waals surface area contributed by atoms with Gasteiger partial charge in [0, 0.05) is 24.6 Å². The molecule has 0 aromatic carbocycles. The Kier molecular flexibility index (Phi) is 2.62. The Balaban J connectivity index is 1.66. The fraction of sp³-hybridized carbons (Fsp3) is 0.462. The van der Waals surface area contributed by atoms with Crippen LogP contribution in [0.1, 0.15) is 25.0 Å². The minimum absolute atomic E-state index is 0.919. The van der Waals surface area contributed by atoms with Gasteiger partial charge in [0.2, 0.25) is 0 Å². The molecule has 3 rings (SSSR count). The lowest BCUT2D eigenvalue weighted by atomic mass is 9.85. The van der Waals surface area contributed by atoms with Gasteiger partial charge in [-0.1, -0.05) is 12.5 Å². The number of imidazole rings is 1. The summed E-state index contributed by atoms with van der Waals surface area (Å²) in [6, 6.07) is 6.26. The molecule has 16 heavy (non-hydrogen) atoms. The Labute approximate surface area is 95.5 Å². The van der Waals surface area contributed by atoms with Gasteiger partial charge in [0.1, 0.15) is 5.65 Å². The standard InChI is InChI=1S/C13H17N3/c1-3-11(4-1)9-14-10-12-5-2-6-13-15-7-8-16(12)13/h2,5-8,11,14H,1,3-4,9-10H2. The van der Waals surface area contributed by atoms with Gasteiger partial charge < -0.3 is 9.72 Å². The molecule has 0 spiro atoms. The molecule has 2 aromatic rings. The van der Waals surface area contributed by atoms with E-state index in [2.05, 4.69) is 26.8 Å². The van der Waals surface area contributed by atoms with E-state index >= 15 is 0 Å². The zero-order valence-corrected chi connectivity index (χ0v) is 9.39. The molecule has 2 aromatic heterocycles. The minimum atomic E-state index is 0.919. The van der Waals surface area contributed by atoms with Gasteiger partial charge in [0.25, 0.3) is 0 Å². The normalized spacial score (nSPS) is 16.5. The molecule has 2 heterocycles. The fourth-order valence-electron chi connectivity index (χ4n) is 2.25. The second-order valence-corrected chi connectivity index (χ2v) is 4.60. The summed E-state index contributed by atoms with van der Waals surface area (Å²) in [4.78, 5) is 4.29. The molecule has 84 valence electrons. The summed E-state index contributed by atoms with van der Waals surface area (Å²) in [5, 5.41) is 3.54. The maximum atomic E-state index is 4.29. The Morgan fingerprint density at radius 2 is 2.31 bits per heavy atom. The average Bonchev–Trinajstić information content (AvgIpc) is 2.70. The van der Waals surface area contributed by atoms with Crippen LogP contribution in [0.2, 0.25) is 0 Å². The zero-order chi connectivity index (χ0) is 10.8. The molecule has 0 unspecified atom stereocenters. The number of hydrogen-bond acceptors (Lipinski definition) is 2. The Bertz CT molecular complexity index is 471. The van der Waals surface area contributed by atoms with E-state index in [1.165, 1.54) is 25.0 Å². The highest BCUT2D eigenvalue weighted by Gasteiger charge is 2.16. The molecule has 1 N–H and O–H groups in total. The smallest absolute Gasteiger partial charge is 0.136 e. The van der Waals surface area contributed by atoms with E-state index in [4.69, 9.17) is 0 Å². The van der Waals surface area contributed by atoms with Crippen LogP contribution in [-0.4, -0.2) is 15.9 Å². The van der Waals surface area contributed by atoms with E-state index in [0.29, 0.717) is 0 Å². The Morgan fingerprint density at radius 3 is 3.12 bits per heavy atom. The lowest BCUT2D eigenvalue weighted by Gasteiger charge is -2.25. The van der Waals surface area contributed by atoms with Crippen LogP contribution in [0.3, 0.4) is 0 Å². The molecule has 3 nitrogen and oxygen atoms in total. The van der Waals surface area contributed by atoms with E-state index < -0.39 is 0 Å². The molecule has 0 radical (unpaired) electrons. The van der Waals surface area contributed by atoms with E-state index in [1.54, 1.807) is 0 Å². The molecule has 1 aliphatic carbocycles. The third-order valence-electron chi connectivity index (χ3n) is 3.48. The van der Waals surface area contributed by atoms with Gasteiger partial charge >= 0.3 is 0 Å². The largest absolute Gasteiger partial charge is 0.311 e. The summed E-state index contributed by atoms with van der Waals surface area (Å²) in [5.41, 5.74) is 2.32. The second kappa shape index (κ2) is 4.26. The van der Waals surface area contributed by atoms with Crippen LogP contribution in [0.15, 0.2) is 30.6 Å². The number of pyridine rings is 1. The quantitative estimate of drug-likeness (QED) is 0.847. The van der Waals surface area contributed by atoms with Crippen molar-refractivity contribution >= 4 is 5.65 Å². The van der Waals surface area contributed by atoms with Gasteiger partial charge in [-0.25, -0.2) is 4.98 Å². The molecule has 3 heteroatoms. The molecule has 0 bridgehead atoms. The average molecular weight is 215 g/mol. The highest BCUT2D eigenvalue weighted by molar-refractivity contribution is 5.39. The number of nitrogens with zero attached hydrogens (tertiary/aromatic N) is 2. The lowest BCUT2D eigenvalue weighted by Crippen LogP contribution is -2.27. The van der Waals surface area contributed by atoms with Gasteiger partial charge in [0.05, 0.1) is 0 Å². The van der Waals surface area contributed by atoms with Gasteiger partial charge in [-0.15, -0.1) is 0 Å². The van der Waals surface area contributed by atoms with Crippen molar-refractivity contribution in [2.45, 2.75) is 25.8 Å². The maximum Gasteiger partial charge on any atom is 0.136 e. The molecule has 1 fully saturated rings. The lowest BCUT2D eigenvalue weighted by molar-refractivity contribution is 0.301. The number of rotatable bonds is 4. The maximum absolute atomic E-state index is 4.29. The third-order valence-corrected chi connectivity index (χ3v) is 3.48. The summed E-state index contributed by atoms with van der Waals surface area (Å²) in [5.74, 6) is 0.919. The highest BCUT2D eigenvalue weighted by atomic mass is 15.0. The summed E-state index contributed by atoms with van der Waals surface area (Å²) in [7, 11) is 0. The predicted octanol–water partition coefficient (Wildman–Crippen LogP) is 2.22. The van der Waals surface area contributed by atoms with Crippen LogP contribution in [0.25, 0.3) is 5.65 Å². The first-order chi connectivity index (χ1) is 7.93. The molecule has 0 amide bonds. The van der Waals surface area contributed by atoms with Crippen LogP contribution < -0.4 is 5.32 Å². The van der Waals surface area contributed by atoms with E-state index in [-0.39, 0.29) is 0 Å². The number of fused-ring (bicyclic) bond motifs is 1. The molecule has 0 atom stereocenters. The molecule has 1 saturated carbocycles. The Morgan fingerprint density at radius 1 is 1.38 bits per heavy atom. The first-order valence-corrected chi connectivity index (χ1v) is 6.05. The van der Waals surface area contributed by atoms with Crippen molar-refractivity contribution < 1.29 is 0 Å². The third kappa shape index (κ3) is 1.83. The number of nitrogens with one attached hydrogen (secondary N) is 1. The SMILES string of the molecule is c1cc(CNCC2CCC2)n2ccnc2c1. The molecule has 0 saturated heterocycles. The molecule has 1 aliphatic rings. The summed E-state index contributed by atoms with van der Waals surface area (Å²) in [6.45, 7) is 2.09. The fourth-order valence-corrected chi connectivity index (χ4v) is 2.25. The van der Waals surface area contributed by atoms with E-state index in [9.17, 15) is 0 Å². The van der Waals surface area contributed by atoms with Gasteiger partial charge in [0.15, 0.2) is 0 Å². The zero-order valence-electron chi connectivity index (χ0n) is 9.39. The van der Waals surface area contributed by atoms with Crippen molar-refractivity contribution in [3.63, 3.8) is 0 Å². The Hall–Kier alpha value is -1.35. The van der Waals surface area contributed by atoms with Crippen LogP contribution in [0, 0.1) is 5.92 Å². The van der Waals surface area contributed by atoms with Gasteiger partial charge in [-0.2, -0.15) is 0 Å². The van der Waals surface area contributed by atoms with E-state index in [0.717, 1.165) is 24.7 Å². The molecule has 0 aliphatic heterocycles. The van der Waals surface area contributed by atoms with Crippen molar-refractivity contribution in [3.8, 4) is 0 Å². The van der Waals surface area contributed by atoms with Crippen LogP contribution >= 0.6 is 0 Å². The second-order valence-electron chi connectivity index (χ2n) is 4.60. The van der Waals surface area contributed by atoms with Crippen LogP contribution in [0.4, 0.5) is 0 Å². The van der Waals surface area contributed by atoms with Crippen molar-refractivity contribution in [1.82, 2.24) is 14.7 Å². The summed E-state index contributed by atoms with van der Waals surface area (Å²) >= 11 is 0. The first kappa shape index (κ1) is 9.85. The van der Waals surface area contributed by atoms with Crippen molar-refractivity contribution in [1.29, 1.82) is 0 Å². The molecular formula is C13H17N3. The minimum Gasteiger partial charge on any atom is -0.311 e. The molecular weight excluding hydrogens is 198 g/mol.